The van der Waals surface area contributed by atoms with E-state index in [1.54, 1.807) is 10.9 Å². The van der Waals surface area contributed by atoms with E-state index >= 15 is 0 Å². The first kappa shape index (κ1) is 7.98. The highest BCUT2D eigenvalue weighted by atomic mass is 15.2. The van der Waals surface area contributed by atoms with Gasteiger partial charge in [-0.25, -0.2) is 0 Å². The quantitative estimate of drug-likeness (QED) is 0.658. The van der Waals surface area contributed by atoms with Gasteiger partial charge in [-0.3, -0.25) is 9.67 Å². The maximum Gasteiger partial charge on any atom is 0.0568 e. The van der Waals surface area contributed by atoms with Crippen molar-refractivity contribution in [1.82, 2.24) is 14.8 Å². The van der Waals surface area contributed by atoms with Gasteiger partial charge in [0.1, 0.15) is 0 Å². The highest BCUT2D eigenvalue weighted by Gasteiger charge is 2.02. The standard InChI is InChI=1S/C10H11N3/c1-8-3-4-11-6-10(8)9-5-12-13(2)7-9/h3-7H,1-2H3. The van der Waals surface area contributed by atoms with E-state index in [9.17, 15) is 0 Å². The molecule has 0 aliphatic heterocycles. The van der Waals surface area contributed by atoms with Crippen LogP contribution in [0.25, 0.3) is 11.1 Å². The second kappa shape index (κ2) is 3.01. The third-order valence-electron chi connectivity index (χ3n) is 2.05. The zero-order chi connectivity index (χ0) is 9.26. The van der Waals surface area contributed by atoms with Crippen LogP contribution >= 0.6 is 0 Å². The molecule has 66 valence electrons. The highest BCUT2D eigenvalue weighted by molar-refractivity contribution is 5.64. The third kappa shape index (κ3) is 1.45. The summed E-state index contributed by atoms with van der Waals surface area (Å²) in [4.78, 5) is 4.09. The van der Waals surface area contributed by atoms with Gasteiger partial charge in [-0.1, -0.05) is 0 Å². The summed E-state index contributed by atoms with van der Waals surface area (Å²) in [5.74, 6) is 0. The lowest BCUT2D eigenvalue weighted by atomic mass is 10.1. The van der Waals surface area contributed by atoms with Crippen LogP contribution in [0.1, 0.15) is 5.56 Å². The molecule has 2 heterocycles. The van der Waals surface area contributed by atoms with Crippen LogP contribution in [-0.4, -0.2) is 14.8 Å². The predicted octanol–water partition coefficient (Wildman–Crippen LogP) is 1.79. The number of aryl methyl sites for hydroxylation is 2. The minimum Gasteiger partial charge on any atom is -0.275 e. The normalized spacial score (nSPS) is 10.3. The Kier molecular flexibility index (Phi) is 1.85. The van der Waals surface area contributed by atoms with E-state index in [4.69, 9.17) is 0 Å². The molecule has 0 amide bonds. The first-order valence-corrected chi connectivity index (χ1v) is 4.17. The smallest absolute Gasteiger partial charge is 0.0568 e. The fraction of sp³-hybridized carbons (Fsp3) is 0.200. The molecule has 0 aromatic carbocycles. The number of hydrogen-bond donors (Lipinski definition) is 0. The lowest BCUT2D eigenvalue weighted by molar-refractivity contribution is 0.768. The lowest BCUT2D eigenvalue weighted by Gasteiger charge is -1.99. The van der Waals surface area contributed by atoms with Gasteiger partial charge in [0.2, 0.25) is 0 Å². The minimum absolute atomic E-state index is 1.12. The van der Waals surface area contributed by atoms with Gasteiger partial charge < -0.3 is 0 Å². The molecule has 0 aliphatic carbocycles. The topological polar surface area (TPSA) is 30.7 Å². The average Bonchev–Trinajstić information content (AvgIpc) is 2.53. The Morgan fingerprint density at radius 2 is 2.15 bits per heavy atom. The molecule has 0 aliphatic rings. The van der Waals surface area contributed by atoms with Crippen molar-refractivity contribution in [2.45, 2.75) is 6.92 Å². The Morgan fingerprint density at radius 1 is 1.31 bits per heavy atom. The zero-order valence-electron chi connectivity index (χ0n) is 7.73. The van der Waals surface area contributed by atoms with Crippen molar-refractivity contribution in [3.63, 3.8) is 0 Å². The summed E-state index contributed by atoms with van der Waals surface area (Å²) in [5, 5.41) is 4.12. The maximum atomic E-state index is 4.12. The van der Waals surface area contributed by atoms with E-state index in [-0.39, 0.29) is 0 Å². The average molecular weight is 173 g/mol. The Morgan fingerprint density at radius 3 is 2.77 bits per heavy atom. The van der Waals surface area contributed by atoms with Crippen LogP contribution in [0.4, 0.5) is 0 Å². The van der Waals surface area contributed by atoms with E-state index in [0.29, 0.717) is 0 Å². The van der Waals surface area contributed by atoms with Crippen LogP contribution in [0.15, 0.2) is 30.9 Å². The summed E-state index contributed by atoms with van der Waals surface area (Å²) in [7, 11) is 1.91. The fourth-order valence-electron chi connectivity index (χ4n) is 1.33. The molecule has 0 spiro atoms. The molecule has 0 saturated carbocycles. The SMILES string of the molecule is Cc1ccncc1-c1cnn(C)c1. The number of pyridine rings is 1. The summed E-state index contributed by atoms with van der Waals surface area (Å²) in [6, 6.07) is 2.00. The van der Waals surface area contributed by atoms with E-state index in [1.807, 2.05) is 31.7 Å². The Hall–Kier alpha value is -1.64. The van der Waals surface area contributed by atoms with Crippen LogP contribution in [-0.2, 0) is 7.05 Å². The van der Waals surface area contributed by atoms with E-state index < -0.39 is 0 Å². The summed E-state index contributed by atoms with van der Waals surface area (Å²) in [6.07, 6.45) is 7.51. The number of nitrogens with zero attached hydrogens (tertiary/aromatic N) is 3. The molecule has 0 saturated heterocycles. The lowest BCUT2D eigenvalue weighted by Crippen LogP contribution is -1.85. The number of hydrogen-bond acceptors (Lipinski definition) is 2. The second-order valence-corrected chi connectivity index (χ2v) is 3.09. The van der Waals surface area contributed by atoms with E-state index in [1.165, 1.54) is 5.56 Å². The molecule has 2 aromatic rings. The van der Waals surface area contributed by atoms with Crippen molar-refractivity contribution in [1.29, 1.82) is 0 Å². The molecule has 0 N–H and O–H groups in total. The van der Waals surface area contributed by atoms with Gasteiger partial charge in [0.15, 0.2) is 0 Å². The van der Waals surface area contributed by atoms with Gasteiger partial charge in [-0.2, -0.15) is 5.10 Å². The predicted molar refractivity (Wildman–Crippen MR) is 51.2 cm³/mol. The zero-order valence-corrected chi connectivity index (χ0v) is 7.73. The van der Waals surface area contributed by atoms with Gasteiger partial charge >= 0.3 is 0 Å². The first-order chi connectivity index (χ1) is 6.27. The monoisotopic (exact) mass is 173 g/mol. The molecular formula is C10H11N3. The summed E-state index contributed by atoms with van der Waals surface area (Å²) < 4.78 is 1.79. The van der Waals surface area contributed by atoms with Crippen molar-refractivity contribution in [2.75, 3.05) is 0 Å². The van der Waals surface area contributed by atoms with Crippen LogP contribution in [0.2, 0.25) is 0 Å². The van der Waals surface area contributed by atoms with Crippen molar-refractivity contribution < 1.29 is 0 Å². The van der Waals surface area contributed by atoms with Crippen molar-refractivity contribution >= 4 is 0 Å². The maximum absolute atomic E-state index is 4.12. The van der Waals surface area contributed by atoms with Crippen molar-refractivity contribution in [3.8, 4) is 11.1 Å². The molecule has 0 bridgehead atoms. The van der Waals surface area contributed by atoms with Gasteiger partial charge in [-0.05, 0) is 18.6 Å². The van der Waals surface area contributed by atoms with Crippen LogP contribution in [0.5, 0.6) is 0 Å². The number of rotatable bonds is 1. The Balaban J connectivity index is 2.52. The van der Waals surface area contributed by atoms with Gasteiger partial charge in [0, 0.05) is 36.8 Å². The minimum atomic E-state index is 1.12. The molecule has 3 heteroatoms. The van der Waals surface area contributed by atoms with Crippen LogP contribution < -0.4 is 0 Å². The second-order valence-electron chi connectivity index (χ2n) is 3.09. The molecule has 2 aromatic heterocycles. The first-order valence-electron chi connectivity index (χ1n) is 4.17. The number of aromatic nitrogens is 3. The van der Waals surface area contributed by atoms with E-state index in [2.05, 4.69) is 17.0 Å². The summed E-state index contributed by atoms with van der Waals surface area (Å²) in [5.41, 5.74) is 3.49. The molecule has 0 atom stereocenters. The third-order valence-corrected chi connectivity index (χ3v) is 2.05. The largest absolute Gasteiger partial charge is 0.275 e. The molecule has 0 unspecified atom stereocenters. The van der Waals surface area contributed by atoms with Crippen molar-refractivity contribution in [2.24, 2.45) is 7.05 Å². The van der Waals surface area contributed by atoms with Crippen molar-refractivity contribution in [3.05, 3.63) is 36.4 Å². The highest BCUT2D eigenvalue weighted by Crippen LogP contribution is 2.20. The Labute approximate surface area is 77.0 Å². The van der Waals surface area contributed by atoms with Gasteiger partial charge in [0.05, 0.1) is 6.20 Å². The molecular weight excluding hydrogens is 162 g/mol. The van der Waals surface area contributed by atoms with E-state index in [0.717, 1.165) is 11.1 Å². The molecule has 0 fully saturated rings. The molecule has 0 radical (unpaired) electrons. The van der Waals surface area contributed by atoms with Gasteiger partial charge in [-0.15, -0.1) is 0 Å². The molecule has 13 heavy (non-hydrogen) atoms. The van der Waals surface area contributed by atoms with Gasteiger partial charge in [0.25, 0.3) is 0 Å². The Bertz CT molecular complexity index is 418. The summed E-state index contributed by atoms with van der Waals surface area (Å²) >= 11 is 0. The molecule has 2 rings (SSSR count). The van der Waals surface area contributed by atoms with Crippen LogP contribution in [0, 0.1) is 6.92 Å². The summed E-state index contributed by atoms with van der Waals surface area (Å²) in [6.45, 7) is 2.07. The molecule has 3 nitrogen and oxygen atoms in total. The fourth-order valence-corrected chi connectivity index (χ4v) is 1.33. The van der Waals surface area contributed by atoms with Crippen LogP contribution in [0.3, 0.4) is 0 Å².